The molecular weight excluding hydrogens is 326 g/mol. The summed E-state index contributed by atoms with van der Waals surface area (Å²) < 4.78 is 3.27. The second kappa shape index (κ2) is 7.76. The molecule has 2 rings (SSSR count). The van der Waals surface area contributed by atoms with Crippen molar-refractivity contribution >= 4 is 15.9 Å². The Labute approximate surface area is 135 Å². The van der Waals surface area contributed by atoms with E-state index in [9.17, 15) is 0 Å². The van der Waals surface area contributed by atoms with Gasteiger partial charge >= 0.3 is 0 Å². The van der Waals surface area contributed by atoms with E-state index in [1.807, 2.05) is 0 Å². The molecular formula is C17H24BrN3. The number of nitrogens with two attached hydrogens (primary N) is 1. The van der Waals surface area contributed by atoms with E-state index in [0.717, 1.165) is 31.5 Å². The fourth-order valence-electron chi connectivity index (χ4n) is 2.67. The van der Waals surface area contributed by atoms with Gasteiger partial charge in [-0.05, 0) is 60.1 Å². The van der Waals surface area contributed by atoms with Gasteiger partial charge in [0, 0.05) is 6.54 Å². The Balaban J connectivity index is 2.16. The molecule has 0 bridgehead atoms. The van der Waals surface area contributed by atoms with Crippen molar-refractivity contribution in [2.45, 2.75) is 39.7 Å². The van der Waals surface area contributed by atoms with Crippen LogP contribution in [0.15, 0.2) is 34.8 Å². The lowest BCUT2D eigenvalue weighted by Gasteiger charge is -2.16. The van der Waals surface area contributed by atoms with Gasteiger partial charge in [0.25, 0.3) is 0 Å². The minimum Gasteiger partial charge on any atom is -0.330 e. The van der Waals surface area contributed by atoms with Gasteiger partial charge in [-0.2, -0.15) is 5.10 Å². The highest BCUT2D eigenvalue weighted by Crippen LogP contribution is 2.25. The third kappa shape index (κ3) is 3.95. The highest BCUT2D eigenvalue weighted by molar-refractivity contribution is 9.10. The third-order valence-corrected chi connectivity index (χ3v) is 4.79. The summed E-state index contributed by atoms with van der Waals surface area (Å²) in [5, 5.41) is 4.67. The fraction of sp³-hybridized carbons (Fsp3) is 0.471. The molecule has 0 saturated heterocycles. The number of rotatable bonds is 7. The molecule has 1 aromatic heterocycles. The van der Waals surface area contributed by atoms with Crippen molar-refractivity contribution in [3.63, 3.8) is 0 Å². The number of hydrogen-bond donors (Lipinski definition) is 1. The van der Waals surface area contributed by atoms with Gasteiger partial charge in [-0.25, -0.2) is 0 Å². The summed E-state index contributed by atoms with van der Waals surface area (Å²) in [6.45, 7) is 5.87. The molecule has 3 nitrogen and oxygen atoms in total. The Morgan fingerprint density at radius 2 is 1.90 bits per heavy atom. The van der Waals surface area contributed by atoms with Crippen LogP contribution in [0.5, 0.6) is 0 Å². The number of aromatic nitrogens is 2. The maximum absolute atomic E-state index is 6.00. The topological polar surface area (TPSA) is 43.8 Å². The average molecular weight is 350 g/mol. The largest absolute Gasteiger partial charge is 0.330 e. The normalized spacial score (nSPS) is 12.6. The van der Waals surface area contributed by atoms with Crippen molar-refractivity contribution < 1.29 is 0 Å². The van der Waals surface area contributed by atoms with E-state index in [-0.39, 0.29) is 0 Å². The van der Waals surface area contributed by atoms with Crippen LogP contribution in [0.2, 0.25) is 0 Å². The SMILES string of the molecule is CCc1nn(CC)c(CC(CN)Cc2ccccc2)c1Br. The van der Waals surface area contributed by atoms with Crippen LogP contribution in [0, 0.1) is 5.92 Å². The van der Waals surface area contributed by atoms with Crippen LogP contribution in [0.1, 0.15) is 30.8 Å². The Bertz CT molecular complexity index is 563. The molecule has 0 aliphatic heterocycles. The van der Waals surface area contributed by atoms with Gasteiger partial charge in [0.1, 0.15) is 0 Å². The minimum atomic E-state index is 0.440. The number of hydrogen-bond acceptors (Lipinski definition) is 2. The zero-order chi connectivity index (χ0) is 15.2. The van der Waals surface area contributed by atoms with Crippen LogP contribution in [-0.4, -0.2) is 16.3 Å². The van der Waals surface area contributed by atoms with E-state index < -0.39 is 0 Å². The molecule has 2 aromatic rings. The fourth-order valence-corrected chi connectivity index (χ4v) is 3.40. The van der Waals surface area contributed by atoms with Gasteiger partial charge in [0.05, 0.1) is 15.9 Å². The van der Waals surface area contributed by atoms with Crippen LogP contribution < -0.4 is 5.73 Å². The summed E-state index contributed by atoms with van der Waals surface area (Å²) in [7, 11) is 0. The molecule has 21 heavy (non-hydrogen) atoms. The molecule has 1 aromatic carbocycles. The number of aryl methyl sites for hydroxylation is 2. The van der Waals surface area contributed by atoms with E-state index in [4.69, 9.17) is 5.73 Å². The lowest BCUT2D eigenvalue weighted by Crippen LogP contribution is -2.21. The quantitative estimate of drug-likeness (QED) is 0.829. The minimum absolute atomic E-state index is 0.440. The smallest absolute Gasteiger partial charge is 0.0766 e. The molecule has 0 fully saturated rings. The standard InChI is InChI=1S/C17H24BrN3/c1-3-15-17(18)16(21(4-2)20-15)11-14(12-19)10-13-8-6-5-7-9-13/h5-9,14H,3-4,10-12,19H2,1-2H3. The highest BCUT2D eigenvalue weighted by atomic mass is 79.9. The van der Waals surface area contributed by atoms with Gasteiger partial charge in [0.15, 0.2) is 0 Å². The summed E-state index contributed by atoms with van der Waals surface area (Å²) in [5.74, 6) is 0.440. The Morgan fingerprint density at radius 3 is 2.48 bits per heavy atom. The van der Waals surface area contributed by atoms with Gasteiger partial charge in [0.2, 0.25) is 0 Å². The van der Waals surface area contributed by atoms with Crippen molar-refractivity contribution in [3.05, 3.63) is 51.8 Å². The zero-order valence-electron chi connectivity index (χ0n) is 12.8. The first-order valence-corrected chi connectivity index (χ1v) is 8.46. The van der Waals surface area contributed by atoms with Gasteiger partial charge < -0.3 is 5.73 Å². The van der Waals surface area contributed by atoms with E-state index in [1.54, 1.807) is 0 Å². The van der Waals surface area contributed by atoms with E-state index in [0.29, 0.717) is 12.5 Å². The van der Waals surface area contributed by atoms with Gasteiger partial charge in [-0.3, -0.25) is 4.68 Å². The molecule has 114 valence electrons. The molecule has 1 atom stereocenters. The highest BCUT2D eigenvalue weighted by Gasteiger charge is 2.18. The van der Waals surface area contributed by atoms with Crippen LogP contribution in [0.3, 0.4) is 0 Å². The summed E-state index contributed by atoms with van der Waals surface area (Å²) in [6, 6.07) is 10.6. The molecule has 0 radical (unpaired) electrons. The van der Waals surface area contributed by atoms with Crippen LogP contribution in [-0.2, 0) is 25.8 Å². The van der Waals surface area contributed by atoms with Crippen LogP contribution >= 0.6 is 15.9 Å². The monoisotopic (exact) mass is 349 g/mol. The lowest BCUT2D eigenvalue weighted by atomic mass is 9.94. The zero-order valence-corrected chi connectivity index (χ0v) is 14.4. The number of benzene rings is 1. The average Bonchev–Trinajstić information content (AvgIpc) is 2.83. The third-order valence-electron chi connectivity index (χ3n) is 3.88. The van der Waals surface area contributed by atoms with Crippen molar-refractivity contribution in [1.82, 2.24) is 9.78 Å². The molecule has 0 aliphatic carbocycles. The first-order chi connectivity index (χ1) is 10.2. The van der Waals surface area contributed by atoms with E-state index in [1.165, 1.54) is 15.7 Å². The van der Waals surface area contributed by atoms with E-state index in [2.05, 4.69) is 69.9 Å². The lowest BCUT2D eigenvalue weighted by molar-refractivity contribution is 0.498. The molecule has 2 N–H and O–H groups in total. The number of nitrogens with zero attached hydrogens (tertiary/aromatic N) is 2. The Hall–Kier alpha value is -1.13. The maximum atomic E-state index is 6.00. The second-order valence-corrected chi connectivity index (χ2v) is 6.17. The maximum Gasteiger partial charge on any atom is 0.0766 e. The van der Waals surface area contributed by atoms with E-state index >= 15 is 0 Å². The first-order valence-electron chi connectivity index (χ1n) is 7.67. The summed E-state index contributed by atoms with van der Waals surface area (Å²) in [5.41, 5.74) is 9.77. The summed E-state index contributed by atoms with van der Waals surface area (Å²) in [6.07, 6.45) is 2.93. The molecule has 1 heterocycles. The molecule has 0 aliphatic rings. The van der Waals surface area contributed by atoms with Crippen molar-refractivity contribution in [3.8, 4) is 0 Å². The van der Waals surface area contributed by atoms with Gasteiger partial charge in [-0.15, -0.1) is 0 Å². The second-order valence-electron chi connectivity index (χ2n) is 5.37. The predicted octanol–water partition coefficient (Wildman–Crippen LogP) is 3.59. The van der Waals surface area contributed by atoms with Crippen LogP contribution in [0.4, 0.5) is 0 Å². The van der Waals surface area contributed by atoms with Crippen LogP contribution in [0.25, 0.3) is 0 Å². The molecule has 0 amide bonds. The van der Waals surface area contributed by atoms with Crippen molar-refractivity contribution in [1.29, 1.82) is 0 Å². The summed E-state index contributed by atoms with van der Waals surface area (Å²) >= 11 is 3.72. The Kier molecular flexibility index (Phi) is 6.00. The van der Waals surface area contributed by atoms with Crippen molar-refractivity contribution in [2.75, 3.05) is 6.54 Å². The number of halogens is 1. The molecule has 4 heteroatoms. The first kappa shape index (κ1) is 16.2. The molecule has 1 unspecified atom stereocenters. The predicted molar refractivity (Wildman–Crippen MR) is 91.4 cm³/mol. The summed E-state index contributed by atoms with van der Waals surface area (Å²) in [4.78, 5) is 0. The van der Waals surface area contributed by atoms with Gasteiger partial charge in [-0.1, -0.05) is 37.3 Å². The molecule has 0 spiro atoms. The van der Waals surface area contributed by atoms with Crippen molar-refractivity contribution in [2.24, 2.45) is 11.7 Å². The Morgan fingerprint density at radius 1 is 1.19 bits per heavy atom. The molecule has 0 saturated carbocycles.